The highest BCUT2D eigenvalue weighted by Gasteiger charge is 2.48. The van der Waals surface area contributed by atoms with E-state index in [0.29, 0.717) is 12.7 Å². The SMILES string of the molecule is C[C@@H]1C[C@H](C)CN(CC2CCC(C)(C(C)(C)COc3ccc(Cl)cc3)O2)C1. The van der Waals surface area contributed by atoms with Gasteiger partial charge in [0.25, 0.3) is 0 Å². The molecule has 0 amide bonds. The maximum absolute atomic E-state index is 6.65. The molecular weight excluding hydrogens is 358 g/mol. The van der Waals surface area contributed by atoms with Gasteiger partial charge in [-0.3, -0.25) is 0 Å². The Labute approximate surface area is 170 Å². The van der Waals surface area contributed by atoms with E-state index in [0.717, 1.165) is 42.0 Å². The van der Waals surface area contributed by atoms with Crippen LogP contribution in [-0.2, 0) is 4.74 Å². The largest absolute Gasteiger partial charge is 0.493 e. The second kappa shape index (κ2) is 8.31. The first-order valence-corrected chi connectivity index (χ1v) is 10.8. The molecule has 2 aliphatic heterocycles. The quantitative estimate of drug-likeness (QED) is 0.622. The molecule has 4 atom stereocenters. The molecule has 2 unspecified atom stereocenters. The van der Waals surface area contributed by atoms with Crippen molar-refractivity contribution >= 4 is 11.6 Å². The first kappa shape index (κ1) is 21.0. The average molecular weight is 394 g/mol. The second-order valence-electron chi connectivity index (χ2n) is 9.80. The smallest absolute Gasteiger partial charge is 0.119 e. The molecule has 1 aromatic carbocycles. The Morgan fingerprint density at radius 2 is 1.81 bits per heavy atom. The zero-order valence-electron chi connectivity index (χ0n) is 17.6. The van der Waals surface area contributed by atoms with E-state index in [2.05, 4.69) is 39.5 Å². The van der Waals surface area contributed by atoms with Gasteiger partial charge in [0.15, 0.2) is 0 Å². The molecule has 2 heterocycles. The van der Waals surface area contributed by atoms with Crippen molar-refractivity contribution in [3.05, 3.63) is 29.3 Å². The summed E-state index contributed by atoms with van der Waals surface area (Å²) < 4.78 is 12.7. The van der Waals surface area contributed by atoms with Crippen molar-refractivity contribution in [2.24, 2.45) is 17.3 Å². The van der Waals surface area contributed by atoms with Crippen molar-refractivity contribution in [3.8, 4) is 5.75 Å². The van der Waals surface area contributed by atoms with Crippen molar-refractivity contribution in [2.45, 2.75) is 65.6 Å². The van der Waals surface area contributed by atoms with E-state index in [9.17, 15) is 0 Å². The van der Waals surface area contributed by atoms with Gasteiger partial charge in [0.05, 0.1) is 18.3 Å². The van der Waals surface area contributed by atoms with Gasteiger partial charge < -0.3 is 14.4 Å². The van der Waals surface area contributed by atoms with Crippen LogP contribution in [0.25, 0.3) is 0 Å². The predicted octanol–water partition coefficient (Wildman–Crippen LogP) is 5.66. The number of ether oxygens (including phenoxy) is 2. The van der Waals surface area contributed by atoms with Gasteiger partial charge in [-0.05, 0) is 62.3 Å². The van der Waals surface area contributed by atoms with Crippen LogP contribution in [0.1, 0.15) is 53.9 Å². The third kappa shape index (κ3) is 5.19. The lowest BCUT2D eigenvalue weighted by Crippen LogP contribution is -2.47. The summed E-state index contributed by atoms with van der Waals surface area (Å²) in [5.74, 6) is 2.46. The van der Waals surface area contributed by atoms with Gasteiger partial charge >= 0.3 is 0 Å². The fraction of sp³-hybridized carbons (Fsp3) is 0.739. The number of piperidine rings is 1. The van der Waals surface area contributed by atoms with Crippen molar-refractivity contribution in [1.82, 2.24) is 4.90 Å². The molecule has 4 heteroatoms. The van der Waals surface area contributed by atoms with Crippen molar-refractivity contribution in [1.29, 1.82) is 0 Å². The first-order chi connectivity index (χ1) is 12.7. The highest BCUT2D eigenvalue weighted by Crippen LogP contribution is 2.44. The fourth-order valence-electron chi connectivity index (χ4n) is 4.72. The van der Waals surface area contributed by atoms with E-state index in [4.69, 9.17) is 21.1 Å². The third-order valence-corrected chi connectivity index (χ3v) is 6.87. The van der Waals surface area contributed by atoms with E-state index in [1.807, 2.05) is 24.3 Å². The molecular formula is C23H36ClNO2. The van der Waals surface area contributed by atoms with E-state index < -0.39 is 0 Å². The van der Waals surface area contributed by atoms with Crippen LogP contribution in [0.4, 0.5) is 0 Å². The van der Waals surface area contributed by atoms with Crippen LogP contribution in [0, 0.1) is 17.3 Å². The van der Waals surface area contributed by atoms with Gasteiger partial charge in [-0.2, -0.15) is 0 Å². The average Bonchev–Trinajstić information content (AvgIpc) is 2.96. The predicted molar refractivity (Wildman–Crippen MR) is 113 cm³/mol. The topological polar surface area (TPSA) is 21.7 Å². The molecule has 0 aliphatic carbocycles. The minimum absolute atomic E-state index is 0.0656. The monoisotopic (exact) mass is 393 g/mol. The van der Waals surface area contributed by atoms with Crippen LogP contribution in [-0.4, -0.2) is 42.8 Å². The van der Waals surface area contributed by atoms with E-state index in [1.165, 1.54) is 19.5 Å². The summed E-state index contributed by atoms with van der Waals surface area (Å²) in [6, 6.07) is 7.60. The Hall–Kier alpha value is -0.770. The van der Waals surface area contributed by atoms with Crippen molar-refractivity contribution in [3.63, 3.8) is 0 Å². The molecule has 2 fully saturated rings. The molecule has 2 saturated heterocycles. The number of benzene rings is 1. The molecule has 0 N–H and O–H groups in total. The van der Waals surface area contributed by atoms with Crippen LogP contribution < -0.4 is 4.74 Å². The minimum atomic E-state index is -0.156. The van der Waals surface area contributed by atoms with Crippen LogP contribution in [0.3, 0.4) is 0 Å². The van der Waals surface area contributed by atoms with Gasteiger partial charge in [-0.15, -0.1) is 0 Å². The number of hydrogen-bond acceptors (Lipinski definition) is 3. The van der Waals surface area contributed by atoms with E-state index in [-0.39, 0.29) is 11.0 Å². The lowest BCUT2D eigenvalue weighted by molar-refractivity contribution is -0.121. The molecule has 3 nitrogen and oxygen atoms in total. The minimum Gasteiger partial charge on any atom is -0.493 e. The van der Waals surface area contributed by atoms with Crippen molar-refractivity contribution < 1.29 is 9.47 Å². The fourth-order valence-corrected chi connectivity index (χ4v) is 4.85. The number of likely N-dealkylation sites (tertiary alicyclic amines) is 1. The van der Waals surface area contributed by atoms with Gasteiger partial charge in [0.2, 0.25) is 0 Å². The molecule has 0 saturated carbocycles. The molecule has 0 aromatic heterocycles. The highest BCUT2D eigenvalue weighted by molar-refractivity contribution is 6.30. The standard InChI is InChI=1S/C23H36ClNO2/c1-17-12-18(2)14-25(13-17)15-21-10-11-23(5,27-21)22(3,4)16-26-20-8-6-19(24)7-9-20/h6-9,17-18,21H,10-16H2,1-5H3/t17-,18+,21?,23?. The second-order valence-corrected chi connectivity index (χ2v) is 10.2. The van der Waals surface area contributed by atoms with Crippen LogP contribution in [0.5, 0.6) is 5.75 Å². The Kier molecular flexibility index (Phi) is 6.45. The Morgan fingerprint density at radius 3 is 2.44 bits per heavy atom. The molecule has 152 valence electrons. The zero-order valence-corrected chi connectivity index (χ0v) is 18.4. The van der Waals surface area contributed by atoms with E-state index >= 15 is 0 Å². The Morgan fingerprint density at radius 1 is 1.19 bits per heavy atom. The third-order valence-electron chi connectivity index (χ3n) is 6.62. The van der Waals surface area contributed by atoms with Crippen LogP contribution in [0.2, 0.25) is 5.02 Å². The summed E-state index contributed by atoms with van der Waals surface area (Å²) in [6.07, 6.45) is 3.92. The van der Waals surface area contributed by atoms with Gasteiger partial charge in [0, 0.05) is 30.1 Å². The number of hydrogen-bond donors (Lipinski definition) is 0. The molecule has 0 radical (unpaired) electrons. The number of nitrogens with zero attached hydrogens (tertiary/aromatic N) is 1. The summed E-state index contributed by atoms with van der Waals surface area (Å²) in [4.78, 5) is 2.62. The van der Waals surface area contributed by atoms with Gasteiger partial charge in [-0.25, -0.2) is 0 Å². The normalized spacial score (nSPS) is 32.6. The maximum Gasteiger partial charge on any atom is 0.119 e. The summed E-state index contributed by atoms with van der Waals surface area (Å²) in [5.41, 5.74) is -0.221. The molecule has 1 aromatic rings. The Balaban J connectivity index is 1.54. The maximum atomic E-state index is 6.65. The first-order valence-electron chi connectivity index (χ1n) is 10.5. The Bertz CT molecular complexity index is 607. The van der Waals surface area contributed by atoms with E-state index in [1.54, 1.807) is 0 Å². The summed E-state index contributed by atoms with van der Waals surface area (Å²) in [6.45, 7) is 15.7. The molecule has 27 heavy (non-hydrogen) atoms. The summed E-state index contributed by atoms with van der Waals surface area (Å²) >= 11 is 5.96. The number of rotatable bonds is 6. The van der Waals surface area contributed by atoms with Gasteiger partial charge in [0.1, 0.15) is 5.75 Å². The lowest BCUT2D eigenvalue weighted by atomic mass is 9.75. The summed E-state index contributed by atoms with van der Waals surface area (Å²) in [7, 11) is 0. The molecule has 2 aliphatic rings. The van der Waals surface area contributed by atoms with Gasteiger partial charge in [-0.1, -0.05) is 39.3 Å². The molecule has 0 bridgehead atoms. The molecule has 0 spiro atoms. The van der Waals surface area contributed by atoms with Crippen LogP contribution >= 0.6 is 11.6 Å². The lowest BCUT2D eigenvalue weighted by Gasteiger charge is -2.42. The van der Waals surface area contributed by atoms with Crippen LogP contribution in [0.15, 0.2) is 24.3 Å². The highest BCUT2D eigenvalue weighted by atomic mass is 35.5. The summed E-state index contributed by atoms with van der Waals surface area (Å²) in [5, 5.41) is 0.733. The van der Waals surface area contributed by atoms with Crippen molar-refractivity contribution in [2.75, 3.05) is 26.2 Å². The zero-order chi connectivity index (χ0) is 19.7. The molecule has 3 rings (SSSR count). The number of halogens is 1.